The Hall–Kier alpha value is -2.68. The van der Waals surface area contributed by atoms with Gasteiger partial charge in [0.1, 0.15) is 5.82 Å². The summed E-state index contributed by atoms with van der Waals surface area (Å²) in [4.78, 5) is 9.02. The molecule has 0 spiro atoms. The molecule has 2 aromatic carbocycles. The molecule has 1 heterocycles. The maximum absolute atomic E-state index is 5.99. The van der Waals surface area contributed by atoms with Crippen LogP contribution in [-0.2, 0) is 12.8 Å². The lowest BCUT2D eigenvalue weighted by Crippen LogP contribution is -2.03. The van der Waals surface area contributed by atoms with Crippen LogP contribution in [0.2, 0.25) is 0 Å². The number of hydrogen-bond donors (Lipinski definition) is 1. The van der Waals surface area contributed by atoms with Gasteiger partial charge in [0.05, 0.1) is 17.6 Å². The summed E-state index contributed by atoms with van der Waals surface area (Å²) in [5.74, 6) is 0.498. The third kappa shape index (κ3) is 3.14. The predicted octanol–water partition coefficient (Wildman–Crippen LogP) is 3.88. The molecule has 3 aromatic rings. The molecule has 110 valence electrons. The van der Waals surface area contributed by atoms with E-state index in [2.05, 4.69) is 48.3 Å². The van der Waals surface area contributed by atoms with Gasteiger partial charge >= 0.3 is 0 Å². The third-order valence-electron chi connectivity index (χ3n) is 3.75. The molecule has 0 saturated carbocycles. The van der Waals surface area contributed by atoms with Crippen molar-refractivity contribution in [3.05, 3.63) is 77.6 Å². The molecule has 1 aromatic heterocycles. The van der Waals surface area contributed by atoms with Crippen LogP contribution in [0.25, 0.3) is 11.3 Å². The van der Waals surface area contributed by atoms with Crippen LogP contribution in [-0.4, -0.2) is 9.97 Å². The largest absolute Gasteiger partial charge is 0.382 e. The Kier molecular flexibility index (Phi) is 4.15. The molecule has 3 heteroatoms. The summed E-state index contributed by atoms with van der Waals surface area (Å²) in [6.45, 7) is 2.15. The number of anilines is 1. The summed E-state index contributed by atoms with van der Waals surface area (Å²) in [7, 11) is 0. The van der Waals surface area contributed by atoms with Gasteiger partial charge in [-0.1, -0.05) is 61.5 Å². The molecule has 3 rings (SSSR count). The van der Waals surface area contributed by atoms with E-state index >= 15 is 0 Å². The molecule has 2 N–H and O–H groups in total. The van der Waals surface area contributed by atoms with Crippen LogP contribution < -0.4 is 5.73 Å². The molecule has 0 fully saturated rings. The number of nitrogen functional groups attached to an aromatic ring is 1. The zero-order valence-corrected chi connectivity index (χ0v) is 12.7. The van der Waals surface area contributed by atoms with Crippen LogP contribution in [0.1, 0.15) is 23.7 Å². The quantitative estimate of drug-likeness (QED) is 0.793. The minimum absolute atomic E-state index is 0.498. The van der Waals surface area contributed by atoms with Gasteiger partial charge in [-0.3, -0.25) is 0 Å². The van der Waals surface area contributed by atoms with Crippen molar-refractivity contribution in [2.45, 2.75) is 19.8 Å². The van der Waals surface area contributed by atoms with Gasteiger partial charge in [-0.2, -0.15) is 0 Å². The fourth-order valence-corrected chi connectivity index (χ4v) is 2.41. The molecule has 0 radical (unpaired) electrons. The Bertz CT molecular complexity index is 749. The van der Waals surface area contributed by atoms with Crippen LogP contribution >= 0.6 is 0 Å². The molecule has 0 aliphatic rings. The Morgan fingerprint density at radius 3 is 2.32 bits per heavy atom. The monoisotopic (exact) mass is 289 g/mol. The molecule has 0 saturated heterocycles. The van der Waals surface area contributed by atoms with E-state index in [0.717, 1.165) is 23.4 Å². The summed E-state index contributed by atoms with van der Waals surface area (Å²) in [5.41, 5.74) is 11.2. The van der Waals surface area contributed by atoms with E-state index in [-0.39, 0.29) is 0 Å². The molecular formula is C19H19N3. The number of aromatic nitrogens is 2. The lowest BCUT2D eigenvalue weighted by Gasteiger charge is -2.08. The first kappa shape index (κ1) is 14.3. The van der Waals surface area contributed by atoms with Crippen molar-refractivity contribution >= 4 is 5.82 Å². The highest BCUT2D eigenvalue weighted by Crippen LogP contribution is 2.20. The topological polar surface area (TPSA) is 51.8 Å². The summed E-state index contributed by atoms with van der Waals surface area (Å²) in [5, 5.41) is 0. The Balaban J connectivity index is 1.91. The zero-order valence-electron chi connectivity index (χ0n) is 12.7. The van der Waals surface area contributed by atoms with Crippen molar-refractivity contribution in [1.29, 1.82) is 0 Å². The second kappa shape index (κ2) is 6.39. The standard InChI is InChI=1S/C19H19N3/c1-2-14-8-10-16(11-9-14)18-13-21-19(20)17(22-18)12-15-6-4-3-5-7-15/h3-11,13H,2,12H2,1H3,(H2,20,21). The highest BCUT2D eigenvalue weighted by molar-refractivity contribution is 5.60. The SMILES string of the molecule is CCc1ccc(-c2cnc(N)c(Cc3ccccc3)n2)cc1. The van der Waals surface area contributed by atoms with Crippen molar-refractivity contribution in [2.75, 3.05) is 5.73 Å². The number of nitrogens with two attached hydrogens (primary N) is 1. The third-order valence-corrected chi connectivity index (χ3v) is 3.75. The predicted molar refractivity (Wildman–Crippen MR) is 90.5 cm³/mol. The normalized spacial score (nSPS) is 10.6. The Labute approximate surface area is 130 Å². The smallest absolute Gasteiger partial charge is 0.145 e. The maximum atomic E-state index is 5.99. The average Bonchev–Trinajstić information content (AvgIpc) is 2.58. The first-order chi connectivity index (χ1) is 10.8. The maximum Gasteiger partial charge on any atom is 0.145 e. The molecule has 0 aliphatic carbocycles. The lowest BCUT2D eigenvalue weighted by atomic mass is 10.1. The molecular weight excluding hydrogens is 270 g/mol. The van der Waals surface area contributed by atoms with E-state index in [0.29, 0.717) is 12.2 Å². The summed E-state index contributed by atoms with van der Waals surface area (Å²) >= 11 is 0. The van der Waals surface area contributed by atoms with Gasteiger partial charge in [0.2, 0.25) is 0 Å². The van der Waals surface area contributed by atoms with Crippen LogP contribution in [0.5, 0.6) is 0 Å². The van der Waals surface area contributed by atoms with Gasteiger partial charge in [0, 0.05) is 12.0 Å². The minimum Gasteiger partial charge on any atom is -0.382 e. The molecule has 0 bridgehead atoms. The fraction of sp³-hybridized carbons (Fsp3) is 0.158. The molecule has 0 unspecified atom stereocenters. The van der Waals surface area contributed by atoms with Crippen LogP contribution in [0.3, 0.4) is 0 Å². The summed E-state index contributed by atoms with van der Waals surface area (Å²) in [6, 6.07) is 18.6. The highest BCUT2D eigenvalue weighted by atomic mass is 14.9. The van der Waals surface area contributed by atoms with Crippen LogP contribution in [0.15, 0.2) is 60.8 Å². The van der Waals surface area contributed by atoms with E-state index in [1.165, 1.54) is 11.1 Å². The van der Waals surface area contributed by atoms with Gasteiger partial charge in [0.25, 0.3) is 0 Å². The summed E-state index contributed by atoms with van der Waals surface area (Å²) < 4.78 is 0. The van der Waals surface area contributed by atoms with Gasteiger partial charge in [-0.25, -0.2) is 9.97 Å². The highest BCUT2D eigenvalue weighted by Gasteiger charge is 2.07. The second-order valence-corrected chi connectivity index (χ2v) is 5.30. The number of hydrogen-bond acceptors (Lipinski definition) is 3. The fourth-order valence-electron chi connectivity index (χ4n) is 2.41. The second-order valence-electron chi connectivity index (χ2n) is 5.30. The average molecular weight is 289 g/mol. The van der Waals surface area contributed by atoms with Gasteiger partial charge in [-0.15, -0.1) is 0 Å². The molecule has 0 aliphatic heterocycles. The number of nitrogens with zero attached hydrogens (tertiary/aromatic N) is 2. The Morgan fingerprint density at radius 1 is 0.909 bits per heavy atom. The van der Waals surface area contributed by atoms with Crippen molar-refractivity contribution in [3.63, 3.8) is 0 Å². The molecule has 0 amide bonds. The van der Waals surface area contributed by atoms with Gasteiger partial charge in [-0.05, 0) is 17.5 Å². The van der Waals surface area contributed by atoms with E-state index in [1.807, 2.05) is 18.2 Å². The van der Waals surface area contributed by atoms with E-state index in [1.54, 1.807) is 6.20 Å². The number of rotatable bonds is 4. The van der Waals surface area contributed by atoms with E-state index < -0.39 is 0 Å². The van der Waals surface area contributed by atoms with Crippen LogP contribution in [0.4, 0.5) is 5.82 Å². The Morgan fingerprint density at radius 2 is 1.64 bits per heavy atom. The van der Waals surface area contributed by atoms with Crippen molar-refractivity contribution in [1.82, 2.24) is 9.97 Å². The number of aryl methyl sites for hydroxylation is 1. The van der Waals surface area contributed by atoms with Crippen LogP contribution in [0, 0.1) is 0 Å². The van der Waals surface area contributed by atoms with Gasteiger partial charge in [0.15, 0.2) is 0 Å². The molecule has 22 heavy (non-hydrogen) atoms. The lowest BCUT2D eigenvalue weighted by molar-refractivity contribution is 1.04. The first-order valence-electron chi connectivity index (χ1n) is 7.51. The van der Waals surface area contributed by atoms with Gasteiger partial charge < -0.3 is 5.73 Å². The number of benzene rings is 2. The van der Waals surface area contributed by atoms with Crippen molar-refractivity contribution in [2.24, 2.45) is 0 Å². The van der Waals surface area contributed by atoms with E-state index in [9.17, 15) is 0 Å². The van der Waals surface area contributed by atoms with E-state index in [4.69, 9.17) is 10.7 Å². The molecule has 3 nitrogen and oxygen atoms in total. The first-order valence-corrected chi connectivity index (χ1v) is 7.51. The van der Waals surface area contributed by atoms with Crippen molar-refractivity contribution in [3.8, 4) is 11.3 Å². The van der Waals surface area contributed by atoms with Crippen molar-refractivity contribution < 1.29 is 0 Å². The minimum atomic E-state index is 0.498. The molecule has 0 atom stereocenters. The summed E-state index contributed by atoms with van der Waals surface area (Å²) in [6.07, 6.45) is 3.47. The zero-order chi connectivity index (χ0) is 15.4.